The maximum atomic E-state index is 12.9. The lowest BCUT2D eigenvalue weighted by atomic mass is 10.2. The Kier molecular flexibility index (Phi) is 6.11. The molecule has 1 atom stereocenters. The molecule has 0 saturated heterocycles. The summed E-state index contributed by atoms with van der Waals surface area (Å²) in [6, 6.07) is 17.3. The average Bonchev–Trinajstić information content (AvgIpc) is 3.22. The Hall–Kier alpha value is -2.83. The van der Waals surface area contributed by atoms with Crippen LogP contribution in [-0.2, 0) is 0 Å². The van der Waals surface area contributed by atoms with Gasteiger partial charge in [-0.05, 0) is 41.8 Å². The van der Waals surface area contributed by atoms with Gasteiger partial charge >= 0.3 is 0 Å². The fourth-order valence-corrected chi connectivity index (χ4v) is 3.41. The third-order valence-corrected chi connectivity index (χ3v) is 4.98. The summed E-state index contributed by atoms with van der Waals surface area (Å²) in [6.07, 6.45) is -0.944. The molecule has 0 aliphatic rings. The van der Waals surface area contributed by atoms with Crippen LogP contribution < -0.4 is 15.4 Å². The lowest BCUT2D eigenvalue weighted by Crippen LogP contribution is -2.46. The van der Waals surface area contributed by atoms with Gasteiger partial charge in [-0.3, -0.25) is 9.59 Å². The highest BCUT2D eigenvalue weighted by Crippen LogP contribution is 2.27. The molecule has 138 valence electrons. The lowest BCUT2D eigenvalue weighted by molar-refractivity contribution is 0.0871. The summed E-state index contributed by atoms with van der Waals surface area (Å²) in [7, 11) is 1.53. The molecule has 2 aromatic carbocycles. The second kappa shape index (κ2) is 8.70. The summed E-state index contributed by atoms with van der Waals surface area (Å²) in [5.41, 5.74) is 1.06. The molecule has 27 heavy (non-hydrogen) atoms. The maximum Gasteiger partial charge on any atom is 0.253 e. The summed E-state index contributed by atoms with van der Waals surface area (Å²) < 4.78 is 5.14. The van der Waals surface area contributed by atoms with Crippen molar-refractivity contribution in [3.8, 4) is 5.75 Å². The lowest BCUT2D eigenvalue weighted by Gasteiger charge is -2.20. The first-order valence-corrected chi connectivity index (χ1v) is 9.38. The molecule has 0 spiro atoms. The molecule has 0 aliphatic heterocycles. The minimum Gasteiger partial charge on any atom is -0.495 e. The second-order valence-corrected chi connectivity index (χ2v) is 6.96. The number of thiophene rings is 1. The van der Waals surface area contributed by atoms with Gasteiger partial charge in [0.2, 0.25) is 5.78 Å². The number of hydrogen-bond donors (Lipinski definition) is 2. The van der Waals surface area contributed by atoms with Gasteiger partial charge in [-0.2, -0.15) is 0 Å². The molecule has 5 nitrogen and oxygen atoms in total. The van der Waals surface area contributed by atoms with Crippen LogP contribution in [0, 0.1) is 0 Å². The van der Waals surface area contributed by atoms with Gasteiger partial charge in [-0.15, -0.1) is 11.3 Å². The molecule has 1 heterocycles. The molecule has 0 radical (unpaired) electrons. The number of ether oxygens (including phenoxy) is 1. The van der Waals surface area contributed by atoms with Gasteiger partial charge in [0.15, 0.2) is 6.17 Å². The number of benzene rings is 2. The highest BCUT2D eigenvalue weighted by Gasteiger charge is 2.23. The fourth-order valence-electron chi connectivity index (χ4n) is 2.45. The number of rotatable bonds is 7. The largest absolute Gasteiger partial charge is 0.495 e. The maximum absolute atomic E-state index is 12.9. The number of methoxy groups -OCH3 is 1. The molecule has 1 aromatic heterocycles. The van der Waals surface area contributed by atoms with E-state index in [-0.39, 0.29) is 11.7 Å². The third kappa shape index (κ3) is 4.67. The van der Waals surface area contributed by atoms with Crippen molar-refractivity contribution < 1.29 is 14.3 Å². The van der Waals surface area contributed by atoms with E-state index in [1.54, 1.807) is 54.6 Å². The van der Waals surface area contributed by atoms with Crippen LogP contribution in [0.1, 0.15) is 20.0 Å². The summed E-state index contributed by atoms with van der Waals surface area (Å²) >= 11 is 7.47. The van der Waals surface area contributed by atoms with Crippen LogP contribution in [0.25, 0.3) is 0 Å². The Labute approximate surface area is 165 Å². The van der Waals surface area contributed by atoms with E-state index in [1.165, 1.54) is 18.4 Å². The molecule has 0 unspecified atom stereocenters. The van der Waals surface area contributed by atoms with Gasteiger partial charge in [-0.25, -0.2) is 0 Å². The van der Waals surface area contributed by atoms with E-state index < -0.39 is 6.17 Å². The molecule has 3 aromatic rings. The second-order valence-electron chi connectivity index (χ2n) is 5.61. The van der Waals surface area contributed by atoms with Crippen LogP contribution in [-0.4, -0.2) is 25.0 Å². The monoisotopic (exact) mass is 400 g/mol. The van der Waals surface area contributed by atoms with E-state index in [4.69, 9.17) is 16.3 Å². The molecular formula is C20H17ClN2O3S. The van der Waals surface area contributed by atoms with Crippen molar-refractivity contribution in [2.24, 2.45) is 0 Å². The van der Waals surface area contributed by atoms with Crippen LogP contribution in [0.5, 0.6) is 5.75 Å². The number of carbonyl (C=O) groups is 2. The average molecular weight is 401 g/mol. The van der Waals surface area contributed by atoms with E-state index in [2.05, 4.69) is 10.6 Å². The van der Waals surface area contributed by atoms with Crippen molar-refractivity contribution >= 4 is 40.3 Å². The van der Waals surface area contributed by atoms with E-state index in [9.17, 15) is 9.59 Å². The van der Waals surface area contributed by atoms with Crippen molar-refractivity contribution in [2.45, 2.75) is 6.17 Å². The molecule has 2 N–H and O–H groups in total. The molecule has 0 bridgehead atoms. The standard InChI is InChI=1S/C20H17ClN2O3S/c1-26-16-10-9-14(12-15(16)21)22-19(18(24)17-8-5-11-27-17)23-20(25)13-6-3-2-4-7-13/h2-12,19,22H,1H3,(H,23,25)/t19-/m0/s1. The molecule has 0 saturated carbocycles. The van der Waals surface area contributed by atoms with Crippen LogP contribution in [0.4, 0.5) is 5.69 Å². The van der Waals surface area contributed by atoms with Gasteiger partial charge < -0.3 is 15.4 Å². The number of carbonyl (C=O) groups excluding carboxylic acids is 2. The summed E-state index contributed by atoms with van der Waals surface area (Å²) in [5, 5.41) is 8.01. The van der Waals surface area contributed by atoms with Gasteiger partial charge in [0.05, 0.1) is 17.0 Å². The number of amides is 1. The number of hydrogen-bond acceptors (Lipinski definition) is 5. The summed E-state index contributed by atoms with van der Waals surface area (Å²) in [5.74, 6) is -0.0597. The van der Waals surface area contributed by atoms with Crippen LogP contribution >= 0.6 is 22.9 Å². The van der Waals surface area contributed by atoms with E-state index in [0.29, 0.717) is 26.9 Å². The minimum atomic E-state index is -0.944. The van der Waals surface area contributed by atoms with E-state index in [0.717, 1.165) is 0 Å². The molecule has 3 rings (SSSR count). The number of Topliss-reactive ketones (excluding diaryl/α,β-unsaturated/α-hetero) is 1. The van der Waals surface area contributed by atoms with Crippen LogP contribution in [0.2, 0.25) is 5.02 Å². The van der Waals surface area contributed by atoms with Crippen molar-refractivity contribution in [2.75, 3.05) is 12.4 Å². The van der Waals surface area contributed by atoms with E-state index in [1.807, 2.05) is 11.4 Å². The Balaban J connectivity index is 1.84. The third-order valence-electron chi connectivity index (χ3n) is 3.80. The molecule has 1 amide bonds. The normalized spacial score (nSPS) is 11.5. The topological polar surface area (TPSA) is 67.4 Å². The fraction of sp³-hybridized carbons (Fsp3) is 0.100. The first kappa shape index (κ1) is 18.9. The van der Waals surface area contributed by atoms with Crippen LogP contribution in [0.15, 0.2) is 66.0 Å². The van der Waals surface area contributed by atoms with Gasteiger partial charge in [-0.1, -0.05) is 35.9 Å². The Morgan fingerprint density at radius 1 is 1.07 bits per heavy atom. The van der Waals surface area contributed by atoms with Crippen molar-refractivity contribution in [3.05, 3.63) is 81.5 Å². The number of nitrogens with one attached hydrogen (secondary N) is 2. The molecule has 7 heteroatoms. The smallest absolute Gasteiger partial charge is 0.253 e. The zero-order valence-electron chi connectivity index (χ0n) is 14.4. The van der Waals surface area contributed by atoms with Crippen molar-refractivity contribution in [1.29, 1.82) is 0 Å². The van der Waals surface area contributed by atoms with Gasteiger partial charge in [0, 0.05) is 11.3 Å². The summed E-state index contributed by atoms with van der Waals surface area (Å²) in [6.45, 7) is 0. The Morgan fingerprint density at radius 2 is 1.85 bits per heavy atom. The zero-order chi connectivity index (χ0) is 19.2. The first-order chi connectivity index (χ1) is 13.1. The molecule has 0 aliphatic carbocycles. The van der Waals surface area contributed by atoms with E-state index >= 15 is 0 Å². The highest BCUT2D eigenvalue weighted by molar-refractivity contribution is 7.12. The predicted molar refractivity (Wildman–Crippen MR) is 108 cm³/mol. The minimum absolute atomic E-state index is 0.235. The quantitative estimate of drug-likeness (QED) is 0.454. The van der Waals surface area contributed by atoms with Crippen LogP contribution in [0.3, 0.4) is 0 Å². The predicted octanol–water partition coefficient (Wildman–Crippen LogP) is 4.46. The SMILES string of the molecule is COc1ccc(N[C@@H](NC(=O)c2ccccc2)C(=O)c2cccs2)cc1Cl. The Bertz CT molecular complexity index is 930. The van der Waals surface area contributed by atoms with Crippen molar-refractivity contribution in [1.82, 2.24) is 5.32 Å². The summed E-state index contributed by atoms with van der Waals surface area (Å²) in [4.78, 5) is 25.9. The Morgan fingerprint density at radius 3 is 2.48 bits per heavy atom. The first-order valence-electron chi connectivity index (χ1n) is 8.12. The number of halogens is 1. The van der Waals surface area contributed by atoms with Crippen molar-refractivity contribution in [3.63, 3.8) is 0 Å². The molecular weight excluding hydrogens is 384 g/mol. The zero-order valence-corrected chi connectivity index (χ0v) is 16.0. The number of anilines is 1. The van der Waals surface area contributed by atoms with Gasteiger partial charge in [0.1, 0.15) is 5.75 Å². The highest BCUT2D eigenvalue weighted by atomic mass is 35.5. The molecule has 0 fully saturated rings. The van der Waals surface area contributed by atoms with Gasteiger partial charge in [0.25, 0.3) is 5.91 Å². The number of ketones is 1.